The number of benzene rings is 2. The summed E-state index contributed by atoms with van der Waals surface area (Å²) in [6.45, 7) is 1.54. The van der Waals surface area contributed by atoms with Crippen molar-refractivity contribution in [3.63, 3.8) is 0 Å². The van der Waals surface area contributed by atoms with Crippen LogP contribution >= 0.6 is 0 Å². The Hall–Kier alpha value is -3.88. The number of rotatable bonds is 5. The molecular weight excluding hydrogens is 415 g/mol. The number of aromatic nitrogens is 2. The van der Waals surface area contributed by atoms with Gasteiger partial charge in [-0.25, -0.2) is 4.39 Å². The van der Waals surface area contributed by atoms with Crippen molar-refractivity contribution in [2.45, 2.75) is 6.54 Å². The molecule has 1 aliphatic rings. The van der Waals surface area contributed by atoms with Crippen LogP contribution in [0.3, 0.4) is 0 Å². The molecule has 3 aromatic rings. The number of carbonyl (C=O) groups excluding carboxylic acids is 1. The molecule has 0 saturated carbocycles. The third-order valence-electron chi connectivity index (χ3n) is 5.53. The standard InChI is InChI=1S/C23H23FN4O4/c1-32-20-9-5-4-8-19(20)28-15-14-27(22(30)23(28)31)16-21(29)26-12-10-25(11-13-26)18-7-3-2-6-17(18)24/h2-9,14-15H,10-13,16H2,1H3. The van der Waals surface area contributed by atoms with E-state index in [1.165, 1.54) is 30.1 Å². The number of hydrogen-bond acceptors (Lipinski definition) is 5. The molecule has 1 saturated heterocycles. The van der Waals surface area contributed by atoms with Crippen molar-refractivity contribution in [1.82, 2.24) is 14.0 Å². The van der Waals surface area contributed by atoms with E-state index in [-0.39, 0.29) is 18.3 Å². The highest BCUT2D eigenvalue weighted by Gasteiger charge is 2.23. The second-order valence-corrected chi connectivity index (χ2v) is 7.40. The quantitative estimate of drug-likeness (QED) is 0.565. The molecule has 9 heteroatoms. The lowest BCUT2D eigenvalue weighted by atomic mass is 10.2. The van der Waals surface area contributed by atoms with Gasteiger partial charge in [-0.2, -0.15) is 0 Å². The Bertz CT molecular complexity index is 1240. The van der Waals surface area contributed by atoms with E-state index >= 15 is 0 Å². The lowest BCUT2D eigenvalue weighted by molar-refractivity contribution is -0.132. The molecule has 4 rings (SSSR count). The van der Waals surface area contributed by atoms with E-state index in [0.29, 0.717) is 43.3 Å². The maximum atomic E-state index is 14.0. The van der Waals surface area contributed by atoms with E-state index < -0.39 is 11.1 Å². The monoisotopic (exact) mass is 438 g/mol. The smallest absolute Gasteiger partial charge is 0.321 e. The molecule has 166 valence electrons. The van der Waals surface area contributed by atoms with Crippen LogP contribution in [0, 0.1) is 5.82 Å². The average molecular weight is 438 g/mol. The number of hydrogen-bond donors (Lipinski definition) is 0. The average Bonchev–Trinajstić information content (AvgIpc) is 2.82. The molecule has 2 aromatic carbocycles. The van der Waals surface area contributed by atoms with Crippen LogP contribution in [0.5, 0.6) is 5.75 Å². The van der Waals surface area contributed by atoms with E-state index in [1.807, 2.05) is 4.90 Å². The Kier molecular flexibility index (Phi) is 6.07. The third-order valence-corrected chi connectivity index (χ3v) is 5.53. The molecule has 1 amide bonds. The molecule has 0 unspecified atom stereocenters. The summed E-state index contributed by atoms with van der Waals surface area (Å²) < 4.78 is 21.6. The minimum absolute atomic E-state index is 0.236. The summed E-state index contributed by atoms with van der Waals surface area (Å²) >= 11 is 0. The van der Waals surface area contributed by atoms with Crippen LogP contribution in [0.4, 0.5) is 10.1 Å². The van der Waals surface area contributed by atoms with E-state index in [4.69, 9.17) is 4.74 Å². The van der Waals surface area contributed by atoms with Crippen molar-refractivity contribution in [2.75, 3.05) is 38.2 Å². The summed E-state index contributed by atoms with van der Waals surface area (Å²) in [6, 6.07) is 13.4. The van der Waals surface area contributed by atoms with Crippen LogP contribution in [0.25, 0.3) is 5.69 Å². The van der Waals surface area contributed by atoms with Crippen LogP contribution < -0.4 is 20.8 Å². The number of amides is 1. The second-order valence-electron chi connectivity index (χ2n) is 7.40. The zero-order valence-corrected chi connectivity index (χ0v) is 17.6. The first kappa shape index (κ1) is 21.4. The largest absolute Gasteiger partial charge is 0.495 e. The summed E-state index contributed by atoms with van der Waals surface area (Å²) in [5.74, 6) is -0.111. The normalized spacial score (nSPS) is 13.8. The van der Waals surface area contributed by atoms with Crippen LogP contribution in [-0.4, -0.2) is 53.2 Å². The predicted molar refractivity (Wildman–Crippen MR) is 118 cm³/mol. The van der Waals surface area contributed by atoms with Crippen molar-refractivity contribution in [3.05, 3.63) is 87.4 Å². The zero-order chi connectivity index (χ0) is 22.7. The summed E-state index contributed by atoms with van der Waals surface area (Å²) in [5, 5.41) is 0. The minimum atomic E-state index is -0.795. The molecule has 0 N–H and O–H groups in total. The van der Waals surface area contributed by atoms with Crippen molar-refractivity contribution in [2.24, 2.45) is 0 Å². The number of anilines is 1. The Balaban J connectivity index is 1.46. The van der Waals surface area contributed by atoms with Crippen molar-refractivity contribution < 1.29 is 13.9 Å². The Labute approximate surface area is 183 Å². The van der Waals surface area contributed by atoms with Gasteiger partial charge < -0.3 is 14.5 Å². The van der Waals surface area contributed by atoms with Crippen molar-refractivity contribution in [1.29, 1.82) is 0 Å². The molecule has 0 atom stereocenters. The van der Waals surface area contributed by atoms with Gasteiger partial charge in [-0.15, -0.1) is 0 Å². The van der Waals surface area contributed by atoms with Gasteiger partial charge in [-0.3, -0.25) is 23.5 Å². The molecule has 32 heavy (non-hydrogen) atoms. The van der Waals surface area contributed by atoms with Crippen LogP contribution in [0.15, 0.2) is 70.5 Å². The number of para-hydroxylation sites is 3. The molecule has 8 nitrogen and oxygen atoms in total. The summed E-state index contributed by atoms with van der Waals surface area (Å²) in [5.41, 5.74) is -0.610. The van der Waals surface area contributed by atoms with Gasteiger partial charge in [-0.05, 0) is 24.3 Å². The van der Waals surface area contributed by atoms with Crippen LogP contribution in [0.2, 0.25) is 0 Å². The fourth-order valence-electron chi connectivity index (χ4n) is 3.80. The lowest BCUT2D eigenvalue weighted by Crippen LogP contribution is -2.51. The predicted octanol–water partition coefficient (Wildman–Crippen LogP) is 1.50. The number of methoxy groups -OCH3 is 1. The van der Waals surface area contributed by atoms with Gasteiger partial charge in [0.05, 0.1) is 18.5 Å². The van der Waals surface area contributed by atoms with Gasteiger partial charge in [0, 0.05) is 38.6 Å². The number of ether oxygens (including phenoxy) is 1. The fraction of sp³-hybridized carbons (Fsp3) is 0.261. The summed E-state index contributed by atoms with van der Waals surface area (Å²) in [7, 11) is 1.48. The van der Waals surface area contributed by atoms with Gasteiger partial charge in [0.15, 0.2) is 0 Å². The van der Waals surface area contributed by atoms with E-state index in [1.54, 1.807) is 47.4 Å². The van der Waals surface area contributed by atoms with Gasteiger partial charge in [0.1, 0.15) is 18.1 Å². The molecule has 1 aliphatic heterocycles. The van der Waals surface area contributed by atoms with Gasteiger partial charge in [-0.1, -0.05) is 24.3 Å². The van der Waals surface area contributed by atoms with Gasteiger partial charge >= 0.3 is 11.1 Å². The van der Waals surface area contributed by atoms with Crippen LogP contribution in [0.1, 0.15) is 0 Å². The number of piperazine rings is 1. The van der Waals surface area contributed by atoms with Crippen molar-refractivity contribution >= 4 is 11.6 Å². The fourth-order valence-corrected chi connectivity index (χ4v) is 3.80. The van der Waals surface area contributed by atoms with E-state index in [0.717, 1.165) is 4.57 Å². The van der Waals surface area contributed by atoms with Crippen LogP contribution in [-0.2, 0) is 11.3 Å². The number of carbonyl (C=O) groups is 1. The maximum Gasteiger partial charge on any atom is 0.321 e. The second kappa shape index (κ2) is 9.09. The lowest BCUT2D eigenvalue weighted by Gasteiger charge is -2.36. The topological polar surface area (TPSA) is 76.8 Å². The van der Waals surface area contributed by atoms with Gasteiger partial charge in [0.25, 0.3) is 0 Å². The number of halogens is 1. The van der Waals surface area contributed by atoms with E-state index in [2.05, 4.69) is 0 Å². The Morgan fingerprint density at radius 3 is 2.25 bits per heavy atom. The zero-order valence-electron chi connectivity index (χ0n) is 17.6. The Morgan fingerprint density at radius 2 is 1.56 bits per heavy atom. The highest BCUT2D eigenvalue weighted by Crippen LogP contribution is 2.21. The van der Waals surface area contributed by atoms with Gasteiger partial charge in [0.2, 0.25) is 5.91 Å². The third kappa shape index (κ3) is 4.14. The summed E-state index contributed by atoms with van der Waals surface area (Å²) in [6.07, 6.45) is 2.87. The Morgan fingerprint density at radius 1 is 0.906 bits per heavy atom. The molecule has 1 aromatic heterocycles. The SMILES string of the molecule is COc1ccccc1-n1ccn(CC(=O)N2CCN(c3ccccc3F)CC2)c(=O)c1=O. The molecular formula is C23H23FN4O4. The molecule has 2 heterocycles. The maximum absolute atomic E-state index is 14.0. The molecule has 1 fully saturated rings. The molecule has 0 radical (unpaired) electrons. The first-order chi connectivity index (χ1) is 15.5. The minimum Gasteiger partial charge on any atom is -0.495 e. The molecule has 0 aliphatic carbocycles. The first-order valence-corrected chi connectivity index (χ1v) is 10.2. The number of nitrogens with zero attached hydrogens (tertiary/aromatic N) is 4. The molecule has 0 spiro atoms. The highest BCUT2D eigenvalue weighted by molar-refractivity contribution is 5.76. The highest BCUT2D eigenvalue weighted by atomic mass is 19.1. The summed E-state index contributed by atoms with van der Waals surface area (Å²) in [4.78, 5) is 41.5. The van der Waals surface area contributed by atoms with E-state index in [9.17, 15) is 18.8 Å². The first-order valence-electron chi connectivity index (χ1n) is 10.2. The van der Waals surface area contributed by atoms with Crippen molar-refractivity contribution in [3.8, 4) is 11.4 Å². The molecule has 0 bridgehead atoms.